The van der Waals surface area contributed by atoms with Crippen molar-refractivity contribution >= 4 is 16.9 Å². The highest BCUT2D eigenvalue weighted by Gasteiger charge is 2.35. The number of carboxylic acid groups (broad SMARTS) is 1. The van der Waals surface area contributed by atoms with Gasteiger partial charge >= 0.3 is 5.97 Å². The number of aliphatic carboxylic acids is 1. The van der Waals surface area contributed by atoms with Crippen LogP contribution in [0.4, 0.5) is 0 Å². The molecule has 0 saturated carbocycles. The topological polar surface area (TPSA) is 80.9 Å². The molecule has 4 rings (SSSR count). The van der Waals surface area contributed by atoms with Gasteiger partial charge in [-0.1, -0.05) is 48.6 Å². The minimum atomic E-state index is -0.806. The van der Waals surface area contributed by atoms with Gasteiger partial charge in [-0.2, -0.15) is 0 Å². The zero-order valence-corrected chi connectivity index (χ0v) is 17.5. The van der Waals surface area contributed by atoms with Crippen LogP contribution < -0.4 is 0 Å². The number of aromatic hydroxyl groups is 1. The molecule has 0 bridgehead atoms. The molecule has 1 saturated heterocycles. The molecule has 3 aromatic rings. The summed E-state index contributed by atoms with van der Waals surface area (Å²) >= 11 is 0. The number of fused-ring (bicyclic) bond motifs is 1. The van der Waals surface area contributed by atoms with E-state index in [1.807, 2.05) is 49.7 Å². The van der Waals surface area contributed by atoms with Crippen LogP contribution in [0.25, 0.3) is 10.9 Å². The fourth-order valence-corrected chi connectivity index (χ4v) is 4.15. The molecule has 2 N–H and O–H groups in total. The lowest BCUT2D eigenvalue weighted by molar-refractivity contribution is -0.243. The number of hydrogen-bond acceptors (Lipinski definition) is 4. The molecule has 0 aliphatic carbocycles. The van der Waals surface area contributed by atoms with Crippen LogP contribution >= 0.6 is 0 Å². The summed E-state index contributed by atoms with van der Waals surface area (Å²) in [6.07, 6.45) is 6.28. The van der Waals surface area contributed by atoms with Gasteiger partial charge in [-0.15, -0.1) is 0 Å². The third-order valence-electron chi connectivity index (χ3n) is 5.72. The van der Waals surface area contributed by atoms with Crippen molar-refractivity contribution in [2.24, 2.45) is 13.0 Å². The van der Waals surface area contributed by atoms with Crippen molar-refractivity contribution in [1.82, 2.24) is 4.57 Å². The van der Waals surface area contributed by atoms with Crippen molar-refractivity contribution in [3.05, 3.63) is 78.0 Å². The third kappa shape index (κ3) is 4.65. The van der Waals surface area contributed by atoms with Gasteiger partial charge in [-0.3, -0.25) is 4.79 Å². The summed E-state index contributed by atoms with van der Waals surface area (Å²) < 4.78 is 14.6. The Kier molecular flexibility index (Phi) is 6.39. The Balaban J connectivity index is 1.58. The van der Waals surface area contributed by atoms with Crippen molar-refractivity contribution in [3.8, 4) is 5.75 Å². The highest BCUT2D eigenvalue weighted by Crippen LogP contribution is 2.43. The van der Waals surface area contributed by atoms with Crippen LogP contribution in [0.15, 0.2) is 66.9 Å². The molecule has 1 aliphatic heterocycles. The molecule has 6 heteroatoms. The van der Waals surface area contributed by atoms with E-state index in [0.29, 0.717) is 19.4 Å². The molecule has 1 aliphatic rings. The van der Waals surface area contributed by atoms with E-state index in [-0.39, 0.29) is 24.2 Å². The number of nitrogens with zero attached hydrogens (tertiary/aromatic N) is 1. The van der Waals surface area contributed by atoms with Gasteiger partial charge in [0.2, 0.25) is 0 Å². The van der Waals surface area contributed by atoms with E-state index in [9.17, 15) is 9.90 Å². The average molecular weight is 421 g/mol. The lowest BCUT2D eigenvalue weighted by atomic mass is 9.91. The van der Waals surface area contributed by atoms with Crippen molar-refractivity contribution in [1.29, 1.82) is 0 Å². The second kappa shape index (κ2) is 9.37. The van der Waals surface area contributed by atoms with E-state index in [0.717, 1.165) is 22.0 Å². The Hall–Kier alpha value is -3.09. The Labute approximate surface area is 181 Å². The van der Waals surface area contributed by atoms with E-state index in [1.165, 1.54) is 0 Å². The highest BCUT2D eigenvalue weighted by atomic mass is 16.7. The summed E-state index contributed by atoms with van der Waals surface area (Å²) in [6, 6.07) is 15.4. The van der Waals surface area contributed by atoms with Gasteiger partial charge in [0, 0.05) is 47.6 Å². The zero-order chi connectivity index (χ0) is 21.8. The van der Waals surface area contributed by atoms with Crippen LogP contribution in [0.5, 0.6) is 5.75 Å². The van der Waals surface area contributed by atoms with Gasteiger partial charge in [-0.05, 0) is 25.0 Å². The Morgan fingerprint density at radius 1 is 1.13 bits per heavy atom. The third-order valence-corrected chi connectivity index (χ3v) is 5.72. The van der Waals surface area contributed by atoms with Gasteiger partial charge < -0.3 is 24.3 Å². The fraction of sp³-hybridized carbons (Fsp3) is 0.320. The largest absolute Gasteiger partial charge is 0.508 e. The predicted octanol–water partition coefficient (Wildman–Crippen LogP) is 5.10. The fourth-order valence-electron chi connectivity index (χ4n) is 4.15. The van der Waals surface area contributed by atoms with E-state index in [4.69, 9.17) is 14.6 Å². The standard InChI is InChI=1S/C25H27NO5/c1-26-15-20(18-10-5-7-12-21(18)26)25-30-16-17(9-3-2-4-14-23(28)29)24(31-25)19-11-6-8-13-22(19)27/h2-3,5-8,10-13,15,17,24-25,27H,4,9,14,16H2,1H3,(H,28,29)/b3-2-/t17-,24+,25+/m1/s1. The van der Waals surface area contributed by atoms with Gasteiger partial charge in [0.15, 0.2) is 6.29 Å². The number of benzene rings is 2. The first-order valence-electron chi connectivity index (χ1n) is 10.5. The van der Waals surface area contributed by atoms with Gasteiger partial charge in [0.25, 0.3) is 0 Å². The second-order valence-corrected chi connectivity index (χ2v) is 7.89. The van der Waals surface area contributed by atoms with E-state index in [1.54, 1.807) is 12.1 Å². The molecule has 0 spiro atoms. The van der Waals surface area contributed by atoms with Crippen LogP contribution in [0.1, 0.15) is 42.8 Å². The van der Waals surface area contributed by atoms with Crippen LogP contribution in [0, 0.1) is 5.92 Å². The van der Waals surface area contributed by atoms with Crippen molar-refractivity contribution in [2.45, 2.75) is 31.7 Å². The molecule has 0 radical (unpaired) electrons. The molecule has 6 nitrogen and oxygen atoms in total. The van der Waals surface area contributed by atoms with Gasteiger partial charge in [0.05, 0.1) is 12.7 Å². The molecular weight excluding hydrogens is 394 g/mol. The molecule has 1 aromatic heterocycles. The first-order valence-corrected chi connectivity index (χ1v) is 10.5. The number of aromatic nitrogens is 1. The number of aryl methyl sites for hydroxylation is 1. The number of ether oxygens (including phenoxy) is 2. The molecule has 2 aromatic carbocycles. The minimum absolute atomic E-state index is 0.000560. The molecule has 3 atom stereocenters. The summed E-state index contributed by atoms with van der Waals surface area (Å²) in [5.41, 5.74) is 2.81. The number of allylic oxidation sites excluding steroid dienone is 2. The highest BCUT2D eigenvalue weighted by molar-refractivity contribution is 5.84. The average Bonchev–Trinajstić information content (AvgIpc) is 3.11. The molecule has 31 heavy (non-hydrogen) atoms. The number of phenolic OH excluding ortho intramolecular Hbond substituents is 1. The lowest BCUT2D eigenvalue weighted by Crippen LogP contribution is -2.30. The van der Waals surface area contributed by atoms with Crippen molar-refractivity contribution < 1.29 is 24.5 Å². The molecule has 0 amide bonds. The summed E-state index contributed by atoms with van der Waals surface area (Å²) in [7, 11) is 2.00. The maximum absolute atomic E-state index is 10.7. The smallest absolute Gasteiger partial charge is 0.303 e. The molecule has 0 unspecified atom stereocenters. The number of hydrogen-bond donors (Lipinski definition) is 2. The summed E-state index contributed by atoms with van der Waals surface area (Å²) in [4.78, 5) is 10.7. The number of rotatable bonds is 7. The quantitative estimate of drug-likeness (QED) is 0.519. The number of phenols is 1. The van der Waals surface area contributed by atoms with E-state index < -0.39 is 12.3 Å². The minimum Gasteiger partial charge on any atom is -0.508 e. The molecule has 162 valence electrons. The maximum Gasteiger partial charge on any atom is 0.303 e. The predicted molar refractivity (Wildman–Crippen MR) is 118 cm³/mol. The van der Waals surface area contributed by atoms with Crippen LogP contribution in [-0.2, 0) is 21.3 Å². The number of carboxylic acids is 1. The maximum atomic E-state index is 10.7. The Morgan fingerprint density at radius 3 is 2.71 bits per heavy atom. The summed E-state index contributed by atoms with van der Waals surface area (Å²) in [5, 5.41) is 20.4. The Morgan fingerprint density at radius 2 is 1.90 bits per heavy atom. The van der Waals surface area contributed by atoms with Crippen LogP contribution in [0.3, 0.4) is 0 Å². The summed E-state index contributed by atoms with van der Waals surface area (Å²) in [6.45, 7) is 0.468. The van der Waals surface area contributed by atoms with Gasteiger partial charge in [-0.25, -0.2) is 0 Å². The van der Waals surface area contributed by atoms with E-state index in [2.05, 4.69) is 16.7 Å². The van der Waals surface area contributed by atoms with Crippen molar-refractivity contribution in [2.75, 3.05) is 6.61 Å². The van der Waals surface area contributed by atoms with E-state index >= 15 is 0 Å². The van der Waals surface area contributed by atoms with Crippen LogP contribution in [-0.4, -0.2) is 27.4 Å². The first kappa shape index (κ1) is 21.2. The lowest BCUT2D eigenvalue weighted by Gasteiger charge is -2.36. The van der Waals surface area contributed by atoms with Crippen molar-refractivity contribution in [3.63, 3.8) is 0 Å². The monoisotopic (exact) mass is 421 g/mol. The number of para-hydroxylation sites is 2. The van der Waals surface area contributed by atoms with Crippen LogP contribution in [0.2, 0.25) is 0 Å². The first-order chi connectivity index (χ1) is 15.0. The SMILES string of the molecule is Cn1cc([C@H]2OC[C@@H](C/C=C\CCC(=O)O)[C@@H](c3ccccc3O)O2)c2ccccc21. The number of carbonyl (C=O) groups is 1. The van der Waals surface area contributed by atoms with Gasteiger partial charge in [0.1, 0.15) is 5.75 Å². The molecule has 2 heterocycles. The Bertz CT molecular complexity index is 1090. The second-order valence-electron chi connectivity index (χ2n) is 7.89. The summed E-state index contributed by atoms with van der Waals surface area (Å²) in [5.74, 6) is -0.606. The molecular formula is C25H27NO5. The molecule has 1 fully saturated rings. The zero-order valence-electron chi connectivity index (χ0n) is 17.5. The normalized spacial score (nSPS) is 21.6.